The molecule has 44 heteroatoms. The second-order valence-corrected chi connectivity index (χ2v) is 37.9. The molecule has 37 nitrogen and oxygen atoms in total. The summed E-state index contributed by atoms with van der Waals surface area (Å²) in [6.45, 7) is 25.6. The first-order chi connectivity index (χ1) is 61.6. The first-order valence-corrected chi connectivity index (χ1v) is 48.4. The number of hydrogen-bond acceptors (Lipinski definition) is 21. The van der Waals surface area contributed by atoms with Crippen LogP contribution in [0.2, 0.25) is 10.3 Å². The SMILES string of the molecule is CC(C)CC(C)NC(=O)C(Cc1ccc(OP(=O)(O)O)cc1)NC(=O)c1cc(F)c(Cl)nc1Cl.CC(C)CC(C)NC(=O)C(Cc1ccc(OP(=O)(O)O)cc1)NC(=O)c1cccnc1.COc1cccc(OC)c1C(=O)NC(Cc1ccc(OP(=O)(O)O)cc1)C(=O)NC(C)CC(C)C.Cc1ncccc1C(=O)NC(Cc1ccc(OP(=O)(O)O)cc1)C(=O)NC(C)CC(C)C. The number of halogens is 3. The van der Waals surface area contributed by atoms with Crippen LogP contribution in [-0.4, -0.2) is 164 Å². The zero-order valence-electron chi connectivity index (χ0n) is 75.4. The van der Waals surface area contributed by atoms with Crippen molar-refractivity contribution in [2.24, 2.45) is 23.7 Å². The largest absolute Gasteiger partial charge is 0.524 e. The van der Waals surface area contributed by atoms with Crippen LogP contribution in [0.5, 0.6) is 34.5 Å². The summed E-state index contributed by atoms with van der Waals surface area (Å²) in [6, 6.07) is 31.6. The zero-order valence-corrected chi connectivity index (χ0v) is 80.5. The Labute approximate surface area is 775 Å². The number of aryl methyl sites for hydroxylation is 1. The topological polar surface area (TPSA) is 557 Å². The minimum Gasteiger partial charge on any atom is -0.496 e. The van der Waals surface area contributed by atoms with Crippen molar-refractivity contribution in [3.8, 4) is 34.5 Å². The van der Waals surface area contributed by atoms with E-state index in [1.807, 2.05) is 41.5 Å². The van der Waals surface area contributed by atoms with Crippen LogP contribution in [0.15, 0.2) is 164 Å². The van der Waals surface area contributed by atoms with Gasteiger partial charge in [0.05, 0.1) is 30.9 Å². The molecule has 0 bridgehead atoms. The Morgan fingerprint density at radius 3 is 0.955 bits per heavy atom. The molecule has 8 amide bonds. The van der Waals surface area contributed by atoms with Crippen LogP contribution in [0.4, 0.5) is 4.39 Å². The first-order valence-electron chi connectivity index (χ1n) is 41.5. The van der Waals surface area contributed by atoms with Crippen LogP contribution in [0.3, 0.4) is 0 Å². The number of aromatic nitrogens is 3. The molecule has 0 spiro atoms. The second kappa shape index (κ2) is 53.2. The number of carbonyl (C=O) groups is 8. The van der Waals surface area contributed by atoms with Crippen molar-refractivity contribution in [1.82, 2.24) is 57.5 Å². The fraction of sp³-hybridized carbons (Fsp3) is 0.398. The number of nitrogens with one attached hydrogen (secondary N) is 8. The fourth-order valence-corrected chi connectivity index (χ4v) is 15.4. The molecule has 720 valence electrons. The number of pyridine rings is 3. The molecule has 0 fully saturated rings. The van der Waals surface area contributed by atoms with Gasteiger partial charge in [-0.05, 0) is 197 Å². The summed E-state index contributed by atoms with van der Waals surface area (Å²) in [5.41, 5.74) is 3.71. The van der Waals surface area contributed by atoms with Gasteiger partial charge in [-0.1, -0.05) is 133 Å². The summed E-state index contributed by atoms with van der Waals surface area (Å²) in [6.07, 6.45) is 8.12. The first kappa shape index (κ1) is 112. The van der Waals surface area contributed by atoms with Crippen LogP contribution in [0.1, 0.15) is 178 Å². The third kappa shape index (κ3) is 42.4. The molecule has 8 unspecified atom stereocenters. The van der Waals surface area contributed by atoms with Gasteiger partial charge in [-0.2, -0.15) is 0 Å². The second-order valence-electron chi connectivity index (χ2n) is 32.5. The summed E-state index contributed by atoms with van der Waals surface area (Å²) in [7, 11) is -15.8. The molecule has 0 radical (unpaired) electrons. The molecule has 8 atom stereocenters. The van der Waals surface area contributed by atoms with E-state index in [1.54, 1.807) is 98.2 Å². The molecule has 0 aliphatic heterocycles. The van der Waals surface area contributed by atoms with Crippen molar-refractivity contribution in [2.45, 2.75) is 190 Å². The summed E-state index contributed by atoms with van der Waals surface area (Å²) >= 11 is 11.5. The van der Waals surface area contributed by atoms with Gasteiger partial charge in [0.1, 0.15) is 69.4 Å². The minimum absolute atomic E-state index is 0.00281. The quantitative estimate of drug-likeness (QED) is 0.0125. The number of benzene rings is 5. The molecule has 0 aliphatic carbocycles. The van der Waals surface area contributed by atoms with E-state index in [-0.39, 0.29) is 107 Å². The van der Waals surface area contributed by atoms with Crippen molar-refractivity contribution in [3.05, 3.63) is 231 Å². The fourth-order valence-electron chi connectivity index (χ4n) is 13.4. The highest BCUT2D eigenvalue weighted by Gasteiger charge is 2.32. The standard InChI is InChI=1S/C24H33N2O8P.C22H30N3O6P.C21H25Cl2FN3O6P.C21H28N3O6P/c1-15(2)13-16(3)25-23(27)19(14-17-9-11-18(12-10-17)34-35(29,30)31)26-24(28)22-20(32-4)7-6-8-21(22)33-5;1-14(2)12-15(3)24-22(27)20(25-21(26)19-6-5-11-23-16(19)4)13-17-7-9-18(10-8-17)31-32(28,29)30;1-11(2)8-12(3)25-21(29)17(9-13-4-6-14(7-5-13)33-34(30,31)32)26-20(28)15-10-16(24)19(23)27-18(15)22;1-14(2)11-15(3)23-21(26)19(24-20(25)17-5-4-10-22-13-17)12-16-6-8-18(9-7-16)30-31(27,28)29/h6-12,15-16,19H,13-14H2,1-5H3,(H,25,27)(H,26,28)(H2,29,30,31);5-11,14-15,20H,12-13H2,1-4H3,(H,24,27)(H,25,26)(H2,28,29,30);4-7,10-12,17H,8-9H2,1-3H3,(H,25,29)(H,26,28)(H2,30,31,32);4-10,13-15,19H,11-12H2,1-3H3,(H,23,26)(H,24,25)(H2,27,28,29). The Morgan fingerprint density at radius 2 is 0.674 bits per heavy atom. The van der Waals surface area contributed by atoms with E-state index in [2.05, 4.69) is 117 Å². The number of methoxy groups -OCH3 is 2. The third-order valence-electron chi connectivity index (χ3n) is 18.7. The molecule has 0 saturated carbocycles. The van der Waals surface area contributed by atoms with E-state index in [0.29, 0.717) is 80.7 Å². The monoisotopic (exact) mass is 1960 g/mol. The highest BCUT2D eigenvalue weighted by Crippen LogP contribution is 2.41. The van der Waals surface area contributed by atoms with E-state index in [1.165, 1.54) is 81.1 Å². The molecule has 8 aromatic rings. The van der Waals surface area contributed by atoms with Crippen molar-refractivity contribution in [2.75, 3.05) is 14.2 Å². The Bertz CT molecular complexity index is 5310. The minimum atomic E-state index is -4.72. The van der Waals surface area contributed by atoms with Crippen molar-refractivity contribution >= 4 is 102 Å². The van der Waals surface area contributed by atoms with Gasteiger partial charge in [-0.3, -0.25) is 87.5 Å². The molecule has 132 heavy (non-hydrogen) atoms. The Hall–Kier alpha value is -10.8. The van der Waals surface area contributed by atoms with Gasteiger partial charge in [0.25, 0.3) is 23.6 Å². The molecule has 3 heterocycles. The normalized spacial score (nSPS) is 13.3. The van der Waals surface area contributed by atoms with Crippen LogP contribution >= 0.6 is 54.5 Å². The molecule has 8 rings (SSSR count). The lowest BCUT2D eigenvalue weighted by Gasteiger charge is -2.23. The third-order valence-corrected chi connectivity index (χ3v) is 21.0. The Morgan fingerprint density at radius 1 is 0.379 bits per heavy atom. The lowest BCUT2D eigenvalue weighted by Crippen LogP contribution is -2.50. The summed E-state index contributed by atoms with van der Waals surface area (Å²) in [5.74, 6) is -2.60. The molecule has 0 saturated heterocycles. The van der Waals surface area contributed by atoms with Crippen LogP contribution in [0, 0.1) is 36.4 Å². The number of rotatable bonds is 42. The predicted octanol–water partition coefficient (Wildman–Crippen LogP) is 12.2. The number of hydrogen-bond donors (Lipinski definition) is 16. The van der Waals surface area contributed by atoms with Crippen LogP contribution in [0.25, 0.3) is 0 Å². The van der Waals surface area contributed by atoms with E-state index >= 15 is 0 Å². The number of phosphoric acid groups is 4. The lowest BCUT2D eigenvalue weighted by molar-refractivity contribution is -0.124. The van der Waals surface area contributed by atoms with Crippen molar-refractivity contribution in [3.63, 3.8) is 0 Å². The van der Waals surface area contributed by atoms with E-state index in [4.69, 9.17) is 71.8 Å². The van der Waals surface area contributed by atoms with Gasteiger partial charge >= 0.3 is 31.3 Å². The smallest absolute Gasteiger partial charge is 0.496 e. The molecular weight excluding hydrogens is 1840 g/mol. The molecule has 3 aromatic heterocycles. The van der Waals surface area contributed by atoms with Crippen molar-refractivity contribution in [1.29, 1.82) is 0 Å². The van der Waals surface area contributed by atoms with E-state index < -0.39 is 96.0 Å². The number of carbonyl (C=O) groups excluding carboxylic acids is 8. The van der Waals surface area contributed by atoms with Gasteiger partial charge in [-0.25, -0.2) is 27.6 Å². The average molecular weight is 1960 g/mol. The number of phosphoric ester groups is 4. The van der Waals surface area contributed by atoms with Gasteiger partial charge in [0.15, 0.2) is 11.0 Å². The van der Waals surface area contributed by atoms with Crippen LogP contribution < -0.4 is 70.1 Å². The van der Waals surface area contributed by atoms with Crippen LogP contribution in [-0.2, 0) is 63.1 Å². The van der Waals surface area contributed by atoms with E-state index in [0.717, 1.165) is 25.3 Å². The highest BCUT2D eigenvalue weighted by molar-refractivity contribution is 7.47. The maximum Gasteiger partial charge on any atom is 0.524 e. The Kier molecular flexibility index (Phi) is 45.0. The molecule has 0 aliphatic rings. The lowest BCUT2D eigenvalue weighted by atomic mass is 10.0. The summed E-state index contributed by atoms with van der Waals surface area (Å²) < 4.78 is 86.6. The average Bonchev–Trinajstić information content (AvgIpc) is 0.562. The van der Waals surface area contributed by atoms with Gasteiger partial charge in [0.2, 0.25) is 23.6 Å². The van der Waals surface area contributed by atoms with Gasteiger partial charge < -0.3 is 70.1 Å². The predicted molar refractivity (Wildman–Crippen MR) is 492 cm³/mol. The van der Waals surface area contributed by atoms with Gasteiger partial charge in [-0.15, -0.1) is 0 Å². The maximum atomic E-state index is 13.8. The molecular formula is C88H116Cl2FN11O26P4. The number of amides is 8. The molecule has 16 N–H and O–H groups in total. The molecule has 5 aromatic carbocycles. The zero-order chi connectivity index (χ0) is 98.7. The highest BCUT2D eigenvalue weighted by atomic mass is 35.5. The Balaban J connectivity index is 0.000000312. The van der Waals surface area contributed by atoms with Gasteiger partial charge in [0, 0.05) is 74.1 Å². The summed E-state index contributed by atoms with van der Waals surface area (Å²) in [5, 5.41) is 21.7. The number of ether oxygens (including phenoxy) is 2. The van der Waals surface area contributed by atoms with E-state index in [9.17, 15) is 61.0 Å². The van der Waals surface area contributed by atoms with Crippen molar-refractivity contribution < 1.29 is 128 Å². The maximum absolute atomic E-state index is 13.8. The summed E-state index contributed by atoms with van der Waals surface area (Å²) in [4.78, 5) is 186. The number of nitrogens with zero attached hydrogens (tertiary/aromatic N) is 3.